The van der Waals surface area contributed by atoms with Crippen LogP contribution in [0.3, 0.4) is 0 Å². The van der Waals surface area contributed by atoms with Crippen LogP contribution in [0.4, 0.5) is 0 Å². The second-order valence-corrected chi connectivity index (χ2v) is 5.88. The van der Waals surface area contributed by atoms with E-state index in [1.165, 1.54) is 6.07 Å². The van der Waals surface area contributed by atoms with E-state index >= 15 is 0 Å². The van der Waals surface area contributed by atoms with Gasteiger partial charge in [0, 0.05) is 31.1 Å². The number of hydrogen-bond acceptors (Lipinski definition) is 4. The monoisotopic (exact) mass is 355 g/mol. The molecule has 0 radical (unpaired) electrons. The van der Waals surface area contributed by atoms with Crippen molar-refractivity contribution in [1.29, 1.82) is 0 Å². The number of rotatable bonds is 4. The Hall–Kier alpha value is -3.80. The predicted octanol–water partition coefficient (Wildman–Crippen LogP) is 3.13. The third kappa shape index (κ3) is 3.20. The number of nitrogens with zero attached hydrogens (tertiary/aromatic N) is 5. The first-order valence-electron chi connectivity index (χ1n) is 8.49. The van der Waals surface area contributed by atoms with E-state index in [0.717, 1.165) is 16.9 Å². The lowest BCUT2D eigenvalue weighted by atomic mass is 10.2. The van der Waals surface area contributed by atoms with Crippen molar-refractivity contribution in [2.45, 2.75) is 0 Å². The van der Waals surface area contributed by atoms with Crippen LogP contribution in [0.25, 0.3) is 22.8 Å². The van der Waals surface area contributed by atoms with Gasteiger partial charge in [-0.3, -0.25) is 9.79 Å². The first-order chi connectivity index (χ1) is 13.3. The standard InChI is InChI=1S/C21H17N5O/c1-22-15-16-7-5-6-10-18(16)25-14-12-20(27)21(24-25)19-11-13-23-26(19)17-8-3-2-4-9-17/h2-15H,1H3. The molecule has 6 nitrogen and oxygen atoms in total. The molecule has 6 heteroatoms. The van der Waals surface area contributed by atoms with Crippen LogP contribution in [0.5, 0.6) is 0 Å². The summed E-state index contributed by atoms with van der Waals surface area (Å²) < 4.78 is 3.41. The van der Waals surface area contributed by atoms with Crippen molar-refractivity contribution >= 4 is 6.21 Å². The van der Waals surface area contributed by atoms with Gasteiger partial charge in [0.1, 0.15) is 0 Å². The van der Waals surface area contributed by atoms with Crippen molar-refractivity contribution in [3.8, 4) is 22.8 Å². The van der Waals surface area contributed by atoms with Crippen LogP contribution in [-0.4, -0.2) is 32.8 Å². The molecule has 4 aromatic rings. The average molecular weight is 355 g/mol. The number of aromatic nitrogens is 4. The summed E-state index contributed by atoms with van der Waals surface area (Å²) in [5.41, 5.74) is 3.44. The van der Waals surface area contributed by atoms with Gasteiger partial charge in [-0.1, -0.05) is 36.4 Å². The third-order valence-electron chi connectivity index (χ3n) is 4.15. The molecule has 0 saturated carbocycles. The Bertz CT molecular complexity index is 1160. The molecule has 0 spiro atoms. The van der Waals surface area contributed by atoms with Crippen molar-refractivity contribution < 1.29 is 0 Å². The third-order valence-corrected chi connectivity index (χ3v) is 4.15. The molecule has 0 saturated heterocycles. The number of benzene rings is 2. The number of para-hydroxylation sites is 2. The van der Waals surface area contributed by atoms with E-state index in [2.05, 4.69) is 15.2 Å². The Morgan fingerprint density at radius 2 is 1.74 bits per heavy atom. The van der Waals surface area contributed by atoms with Gasteiger partial charge in [0.05, 0.1) is 23.3 Å². The van der Waals surface area contributed by atoms with Gasteiger partial charge in [0.2, 0.25) is 5.43 Å². The maximum absolute atomic E-state index is 12.6. The molecule has 0 aliphatic carbocycles. The van der Waals surface area contributed by atoms with E-state index in [1.807, 2.05) is 54.6 Å². The molecular weight excluding hydrogens is 338 g/mol. The molecule has 0 amide bonds. The van der Waals surface area contributed by atoms with Gasteiger partial charge in [0.25, 0.3) is 0 Å². The zero-order chi connectivity index (χ0) is 18.6. The number of aliphatic imine (C=N–C) groups is 1. The van der Waals surface area contributed by atoms with Gasteiger partial charge in [-0.15, -0.1) is 0 Å². The lowest BCUT2D eigenvalue weighted by molar-refractivity contribution is 0.822. The van der Waals surface area contributed by atoms with Crippen LogP contribution in [0, 0.1) is 0 Å². The molecular formula is C21H17N5O. The maximum atomic E-state index is 12.6. The van der Waals surface area contributed by atoms with E-state index in [4.69, 9.17) is 0 Å². The zero-order valence-electron chi connectivity index (χ0n) is 14.7. The maximum Gasteiger partial charge on any atom is 0.209 e. The zero-order valence-corrected chi connectivity index (χ0v) is 14.7. The molecule has 2 aromatic carbocycles. The van der Waals surface area contributed by atoms with Crippen molar-refractivity contribution in [3.05, 3.63) is 94.9 Å². The van der Waals surface area contributed by atoms with Crippen LogP contribution in [-0.2, 0) is 0 Å². The van der Waals surface area contributed by atoms with E-state index in [0.29, 0.717) is 11.4 Å². The highest BCUT2D eigenvalue weighted by molar-refractivity contribution is 5.84. The Labute approximate surface area is 156 Å². The molecule has 132 valence electrons. The Morgan fingerprint density at radius 3 is 2.56 bits per heavy atom. The van der Waals surface area contributed by atoms with Gasteiger partial charge in [0.15, 0.2) is 5.69 Å². The average Bonchev–Trinajstić information content (AvgIpc) is 3.19. The van der Waals surface area contributed by atoms with E-state index < -0.39 is 0 Å². The molecule has 0 aliphatic heterocycles. The summed E-state index contributed by atoms with van der Waals surface area (Å²) in [5.74, 6) is 0. The predicted molar refractivity (Wildman–Crippen MR) is 106 cm³/mol. The van der Waals surface area contributed by atoms with Crippen molar-refractivity contribution in [3.63, 3.8) is 0 Å². The minimum atomic E-state index is -0.162. The second kappa shape index (κ2) is 7.21. The molecule has 27 heavy (non-hydrogen) atoms. The molecule has 2 heterocycles. The summed E-state index contributed by atoms with van der Waals surface area (Å²) in [6.45, 7) is 0. The SMILES string of the molecule is CN=Cc1ccccc1-n1ccc(=O)c(-c2ccnn2-c2ccccc2)n1. The number of hydrogen-bond donors (Lipinski definition) is 0. The minimum Gasteiger partial charge on any atom is -0.296 e. The molecule has 4 rings (SSSR count). The summed E-state index contributed by atoms with van der Waals surface area (Å²) in [6.07, 6.45) is 5.10. The summed E-state index contributed by atoms with van der Waals surface area (Å²) in [6, 6.07) is 20.7. The van der Waals surface area contributed by atoms with Crippen LogP contribution in [0.1, 0.15) is 5.56 Å². The van der Waals surface area contributed by atoms with Crippen LogP contribution >= 0.6 is 0 Å². The Balaban J connectivity index is 1.87. The normalized spacial score (nSPS) is 11.1. The first kappa shape index (κ1) is 16.7. The van der Waals surface area contributed by atoms with Crippen LogP contribution < -0.4 is 5.43 Å². The highest BCUT2D eigenvalue weighted by atomic mass is 16.1. The summed E-state index contributed by atoms with van der Waals surface area (Å²) in [5, 5.41) is 8.96. The van der Waals surface area contributed by atoms with Gasteiger partial charge in [-0.05, 0) is 24.3 Å². The lowest BCUT2D eigenvalue weighted by Gasteiger charge is -2.11. The fourth-order valence-corrected chi connectivity index (χ4v) is 2.92. The van der Waals surface area contributed by atoms with Crippen molar-refractivity contribution in [1.82, 2.24) is 19.6 Å². The second-order valence-electron chi connectivity index (χ2n) is 5.88. The molecule has 0 fully saturated rings. The van der Waals surface area contributed by atoms with Crippen molar-refractivity contribution in [2.24, 2.45) is 4.99 Å². The first-order valence-corrected chi connectivity index (χ1v) is 8.49. The largest absolute Gasteiger partial charge is 0.296 e. The summed E-state index contributed by atoms with van der Waals surface area (Å²) >= 11 is 0. The molecule has 0 N–H and O–H groups in total. The fraction of sp³-hybridized carbons (Fsp3) is 0.0476. The minimum absolute atomic E-state index is 0.162. The van der Waals surface area contributed by atoms with Gasteiger partial charge >= 0.3 is 0 Å². The molecule has 2 aromatic heterocycles. The Kier molecular flexibility index (Phi) is 4.45. The molecule has 0 aliphatic rings. The quantitative estimate of drug-likeness (QED) is 0.528. The fourth-order valence-electron chi connectivity index (χ4n) is 2.92. The smallest absolute Gasteiger partial charge is 0.209 e. The highest BCUT2D eigenvalue weighted by Crippen LogP contribution is 2.19. The van der Waals surface area contributed by atoms with Gasteiger partial charge in [-0.25, -0.2) is 9.36 Å². The van der Waals surface area contributed by atoms with E-state index in [1.54, 1.807) is 41.1 Å². The Morgan fingerprint density at radius 1 is 0.963 bits per heavy atom. The molecule has 0 unspecified atom stereocenters. The van der Waals surface area contributed by atoms with Gasteiger partial charge < -0.3 is 0 Å². The van der Waals surface area contributed by atoms with Gasteiger partial charge in [-0.2, -0.15) is 10.2 Å². The summed E-state index contributed by atoms with van der Waals surface area (Å²) in [4.78, 5) is 16.6. The molecule has 0 bridgehead atoms. The highest BCUT2D eigenvalue weighted by Gasteiger charge is 2.14. The lowest BCUT2D eigenvalue weighted by Crippen LogP contribution is -2.15. The van der Waals surface area contributed by atoms with E-state index in [9.17, 15) is 4.79 Å². The topological polar surface area (TPSA) is 65.1 Å². The van der Waals surface area contributed by atoms with Crippen LogP contribution in [0.2, 0.25) is 0 Å². The summed E-state index contributed by atoms with van der Waals surface area (Å²) in [7, 11) is 1.72. The van der Waals surface area contributed by atoms with Crippen molar-refractivity contribution in [2.75, 3.05) is 7.05 Å². The van der Waals surface area contributed by atoms with Crippen LogP contribution in [0.15, 0.2) is 88.9 Å². The van der Waals surface area contributed by atoms with E-state index in [-0.39, 0.29) is 5.43 Å². The molecule has 0 atom stereocenters.